The van der Waals surface area contributed by atoms with Gasteiger partial charge in [0.05, 0.1) is 17.1 Å². The van der Waals surface area contributed by atoms with Crippen LogP contribution < -0.4 is 0 Å². The Bertz CT molecular complexity index is 684. The van der Waals surface area contributed by atoms with E-state index >= 15 is 0 Å². The highest BCUT2D eigenvalue weighted by atomic mass is 32.1. The number of likely N-dealkylation sites (tertiary alicyclic amines) is 1. The van der Waals surface area contributed by atoms with Crippen LogP contribution in [-0.4, -0.2) is 46.8 Å². The van der Waals surface area contributed by atoms with Crippen molar-refractivity contribution in [3.8, 4) is 0 Å². The molecule has 1 amide bonds. The Morgan fingerprint density at radius 2 is 2.41 bits per heavy atom. The molecule has 4 rings (SSSR count). The SMILES string of the molecule is Cc1nnc([C@]23CCO[C@H]2CCN(C(=O)c2ccsc2)C3)o1. The topological polar surface area (TPSA) is 68.5 Å². The third kappa shape index (κ3) is 2.07. The van der Waals surface area contributed by atoms with Crippen molar-refractivity contribution in [3.63, 3.8) is 0 Å². The van der Waals surface area contributed by atoms with Crippen LogP contribution in [-0.2, 0) is 10.2 Å². The summed E-state index contributed by atoms with van der Waals surface area (Å²) >= 11 is 1.54. The van der Waals surface area contributed by atoms with E-state index < -0.39 is 0 Å². The summed E-state index contributed by atoms with van der Waals surface area (Å²) in [6.07, 6.45) is 1.67. The van der Waals surface area contributed by atoms with E-state index in [4.69, 9.17) is 9.15 Å². The van der Waals surface area contributed by atoms with Gasteiger partial charge in [-0.1, -0.05) is 0 Å². The second-order valence-corrected chi connectivity index (χ2v) is 6.70. The van der Waals surface area contributed by atoms with E-state index in [1.54, 1.807) is 6.92 Å². The first-order chi connectivity index (χ1) is 10.7. The maximum absolute atomic E-state index is 12.7. The third-order valence-electron chi connectivity index (χ3n) is 4.63. The fourth-order valence-electron chi connectivity index (χ4n) is 3.49. The van der Waals surface area contributed by atoms with Crippen molar-refractivity contribution in [2.24, 2.45) is 0 Å². The molecule has 0 N–H and O–H groups in total. The predicted octanol–water partition coefficient (Wildman–Crippen LogP) is 2.01. The molecule has 2 aliphatic heterocycles. The number of aromatic nitrogens is 2. The van der Waals surface area contributed by atoms with Crippen molar-refractivity contribution in [3.05, 3.63) is 34.2 Å². The molecule has 0 spiro atoms. The lowest BCUT2D eigenvalue weighted by Crippen LogP contribution is -2.54. The second kappa shape index (κ2) is 5.17. The largest absolute Gasteiger partial charge is 0.425 e. The molecule has 2 aromatic rings. The zero-order chi connectivity index (χ0) is 15.2. The van der Waals surface area contributed by atoms with Gasteiger partial charge in [-0.15, -0.1) is 10.2 Å². The van der Waals surface area contributed by atoms with Crippen LogP contribution in [0, 0.1) is 6.92 Å². The number of nitrogens with zero attached hydrogens (tertiary/aromatic N) is 3. The Morgan fingerprint density at radius 3 is 3.14 bits per heavy atom. The second-order valence-electron chi connectivity index (χ2n) is 5.92. The first kappa shape index (κ1) is 13.9. The normalized spacial score (nSPS) is 27.9. The molecule has 2 fully saturated rings. The number of fused-ring (bicyclic) bond motifs is 1. The van der Waals surface area contributed by atoms with Crippen molar-refractivity contribution in [1.82, 2.24) is 15.1 Å². The van der Waals surface area contributed by atoms with Crippen molar-refractivity contribution in [2.45, 2.75) is 31.3 Å². The number of rotatable bonds is 2. The molecule has 4 heterocycles. The van der Waals surface area contributed by atoms with E-state index in [-0.39, 0.29) is 17.4 Å². The van der Waals surface area contributed by atoms with E-state index in [0.29, 0.717) is 31.5 Å². The zero-order valence-electron chi connectivity index (χ0n) is 12.3. The molecule has 0 aliphatic carbocycles. The number of amides is 1. The molecule has 0 aromatic carbocycles. The minimum Gasteiger partial charge on any atom is -0.425 e. The third-order valence-corrected chi connectivity index (χ3v) is 5.31. The monoisotopic (exact) mass is 319 g/mol. The average Bonchev–Trinajstić information content (AvgIpc) is 3.26. The predicted molar refractivity (Wildman–Crippen MR) is 79.9 cm³/mol. The Hall–Kier alpha value is -1.73. The highest BCUT2D eigenvalue weighted by molar-refractivity contribution is 7.08. The molecule has 2 saturated heterocycles. The van der Waals surface area contributed by atoms with Gasteiger partial charge in [-0.3, -0.25) is 4.79 Å². The number of ether oxygens (including phenoxy) is 1. The van der Waals surface area contributed by atoms with Gasteiger partial charge in [0.15, 0.2) is 0 Å². The van der Waals surface area contributed by atoms with Crippen LogP contribution >= 0.6 is 11.3 Å². The fourth-order valence-corrected chi connectivity index (χ4v) is 4.12. The van der Waals surface area contributed by atoms with Gasteiger partial charge < -0.3 is 14.1 Å². The van der Waals surface area contributed by atoms with Gasteiger partial charge in [0, 0.05) is 32.0 Å². The molecule has 2 atom stereocenters. The van der Waals surface area contributed by atoms with Crippen LogP contribution in [0.1, 0.15) is 35.0 Å². The highest BCUT2D eigenvalue weighted by Crippen LogP contribution is 2.43. The van der Waals surface area contributed by atoms with Crippen LogP contribution in [0.5, 0.6) is 0 Å². The van der Waals surface area contributed by atoms with Crippen molar-refractivity contribution in [2.75, 3.05) is 19.7 Å². The maximum atomic E-state index is 12.7. The molecular formula is C15H17N3O3S. The number of carbonyl (C=O) groups is 1. The highest BCUT2D eigenvalue weighted by Gasteiger charge is 2.53. The molecule has 7 heteroatoms. The first-order valence-electron chi connectivity index (χ1n) is 7.43. The van der Waals surface area contributed by atoms with E-state index in [1.165, 1.54) is 11.3 Å². The molecule has 0 saturated carbocycles. The van der Waals surface area contributed by atoms with Gasteiger partial charge in [0.1, 0.15) is 0 Å². The van der Waals surface area contributed by atoms with E-state index in [2.05, 4.69) is 10.2 Å². The molecule has 2 aliphatic rings. The summed E-state index contributed by atoms with van der Waals surface area (Å²) < 4.78 is 11.6. The lowest BCUT2D eigenvalue weighted by Gasteiger charge is -2.41. The Kier molecular flexibility index (Phi) is 3.27. The minimum absolute atomic E-state index is 0.0545. The van der Waals surface area contributed by atoms with Gasteiger partial charge in [-0.25, -0.2) is 0 Å². The summed E-state index contributed by atoms with van der Waals surface area (Å²) in [5.41, 5.74) is 0.393. The molecular weight excluding hydrogens is 302 g/mol. The molecule has 22 heavy (non-hydrogen) atoms. The Morgan fingerprint density at radius 1 is 1.50 bits per heavy atom. The standard InChI is InChI=1S/C15H17N3O3S/c1-10-16-17-14(21-10)15-4-6-20-12(15)2-5-18(9-15)13(19)11-3-7-22-8-11/h3,7-8,12H,2,4-6,9H2,1H3/t12-,15-/m0/s1. The Labute approximate surface area is 132 Å². The molecule has 2 aromatic heterocycles. The van der Waals surface area contributed by atoms with Crippen LogP contribution in [0.2, 0.25) is 0 Å². The van der Waals surface area contributed by atoms with Crippen molar-refractivity contribution < 1.29 is 13.9 Å². The number of hydrogen-bond acceptors (Lipinski definition) is 6. The summed E-state index contributed by atoms with van der Waals surface area (Å²) in [6.45, 7) is 3.74. The number of aryl methyl sites for hydroxylation is 1. The summed E-state index contributed by atoms with van der Waals surface area (Å²) in [7, 11) is 0. The lowest BCUT2D eigenvalue weighted by atomic mass is 9.76. The van der Waals surface area contributed by atoms with Gasteiger partial charge in [0.2, 0.25) is 11.8 Å². The van der Waals surface area contributed by atoms with Gasteiger partial charge in [0.25, 0.3) is 5.91 Å². The number of hydrogen-bond donors (Lipinski definition) is 0. The summed E-state index contributed by atoms with van der Waals surface area (Å²) in [6, 6.07) is 1.87. The Balaban J connectivity index is 1.65. The minimum atomic E-state index is -0.356. The molecule has 0 unspecified atom stereocenters. The van der Waals surface area contributed by atoms with Gasteiger partial charge in [-0.2, -0.15) is 11.3 Å². The fraction of sp³-hybridized carbons (Fsp3) is 0.533. The van der Waals surface area contributed by atoms with Gasteiger partial charge >= 0.3 is 0 Å². The first-order valence-corrected chi connectivity index (χ1v) is 8.37. The van der Waals surface area contributed by atoms with Crippen LogP contribution in [0.25, 0.3) is 0 Å². The summed E-state index contributed by atoms with van der Waals surface area (Å²) in [5.74, 6) is 1.23. The van der Waals surface area contributed by atoms with Crippen molar-refractivity contribution in [1.29, 1.82) is 0 Å². The average molecular weight is 319 g/mol. The smallest absolute Gasteiger partial charge is 0.254 e. The summed E-state index contributed by atoms with van der Waals surface area (Å²) in [5, 5.41) is 12.0. The summed E-state index contributed by atoms with van der Waals surface area (Å²) in [4.78, 5) is 14.5. The number of piperidine rings is 1. The molecule has 0 bridgehead atoms. The van der Waals surface area contributed by atoms with E-state index in [9.17, 15) is 4.79 Å². The molecule has 0 radical (unpaired) electrons. The number of thiophene rings is 1. The zero-order valence-corrected chi connectivity index (χ0v) is 13.1. The number of carbonyl (C=O) groups excluding carboxylic acids is 1. The van der Waals surface area contributed by atoms with Crippen LogP contribution in [0.4, 0.5) is 0 Å². The molecule has 116 valence electrons. The van der Waals surface area contributed by atoms with Crippen LogP contribution in [0.15, 0.2) is 21.2 Å². The van der Waals surface area contributed by atoms with Gasteiger partial charge in [-0.05, 0) is 24.3 Å². The van der Waals surface area contributed by atoms with E-state index in [0.717, 1.165) is 18.4 Å². The lowest BCUT2D eigenvalue weighted by molar-refractivity contribution is 0.00970. The van der Waals surface area contributed by atoms with E-state index in [1.807, 2.05) is 21.7 Å². The molecule has 6 nitrogen and oxygen atoms in total. The quantitative estimate of drug-likeness (QED) is 0.847. The van der Waals surface area contributed by atoms with Crippen LogP contribution in [0.3, 0.4) is 0 Å². The maximum Gasteiger partial charge on any atom is 0.254 e. The van der Waals surface area contributed by atoms with Crippen molar-refractivity contribution >= 4 is 17.2 Å².